The fourth-order valence-corrected chi connectivity index (χ4v) is 2.62. The van der Waals surface area contributed by atoms with Gasteiger partial charge in [-0.2, -0.15) is 0 Å². The Balaban J connectivity index is 1.92. The lowest BCUT2D eigenvalue weighted by Crippen LogP contribution is -2.40. The van der Waals surface area contributed by atoms with Crippen molar-refractivity contribution in [1.82, 2.24) is 10.6 Å². The van der Waals surface area contributed by atoms with Crippen LogP contribution in [0, 0.1) is 0 Å². The standard InChI is InChI=1S/C20H24N2O5/c1-12(19(24)21-9-8-18(23)22-13(2)20(25)26)14-4-5-16-11-17(27-3)7-6-15(16)10-14/h4-7,10-13H,8-9H2,1-3H3,(H,21,24)(H,22,23)(H,25,26)/t12-,13-/m0/s1. The number of hydrogen-bond acceptors (Lipinski definition) is 4. The predicted molar refractivity (Wildman–Crippen MR) is 102 cm³/mol. The predicted octanol–water partition coefficient (Wildman–Crippen LogP) is 2.05. The van der Waals surface area contributed by atoms with E-state index in [0.29, 0.717) is 0 Å². The third kappa shape index (κ3) is 5.44. The van der Waals surface area contributed by atoms with Gasteiger partial charge in [0.15, 0.2) is 0 Å². The summed E-state index contributed by atoms with van der Waals surface area (Å²) in [6.45, 7) is 3.33. The van der Waals surface area contributed by atoms with Gasteiger partial charge in [-0.1, -0.05) is 24.3 Å². The minimum Gasteiger partial charge on any atom is -0.497 e. The van der Waals surface area contributed by atoms with Crippen LogP contribution in [-0.4, -0.2) is 42.6 Å². The van der Waals surface area contributed by atoms with E-state index in [0.717, 1.165) is 22.1 Å². The van der Waals surface area contributed by atoms with Gasteiger partial charge in [0, 0.05) is 13.0 Å². The summed E-state index contributed by atoms with van der Waals surface area (Å²) in [4.78, 5) is 34.7. The first kappa shape index (κ1) is 20.2. The van der Waals surface area contributed by atoms with Crippen molar-refractivity contribution in [3.05, 3.63) is 42.0 Å². The zero-order valence-corrected chi connectivity index (χ0v) is 15.6. The smallest absolute Gasteiger partial charge is 0.325 e. The van der Waals surface area contributed by atoms with Crippen molar-refractivity contribution in [3.8, 4) is 5.75 Å². The van der Waals surface area contributed by atoms with Crippen LogP contribution >= 0.6 is 0 Å². The summed E-state index contributed by atoms with van der Waals surface area (Å²) in [5, 5.41) is 15.8. The molecule has 0 spiro atoms. The Labute approximate surface area is 157 Å². The van der Waals surface area contributed by atoms with Gasteiger partial charge >= 0.3 is 5.97 Å². The number of carboxylic acids is 1. The molecule has 0 aliphatic rings. The van der Waals surface area contributed by atoms with Crippen molar-refractivity contribution in [2.75, 3.05) is 13.7 Å². The van der Waals surface area contributed by atoms with E-state index in [1.54, 1.807) is 14.0 Å². The SMILES string of the molecule is COc1ccc2cc([C@H](C)C(=O)NCCC(=O)N[C@@H](C)C(=O)O)ccc2c1. The molecule has 7 nitrogen and oxygen atoms in total. The number of carbonyl (C=O) groups is 3. The number of fused-ring (bicyclic) bond motifs is 1. The highest BCUT2D eigenvalue weighted by atomic mass is 16.5. The van der Waals surface area contributed by atoms with Crippen LogP contribution in [0.25, 0.3) is 10.8 Å². The largest absolute Gasteiger partial charge is 0.497 e. The second kappa shape index (κ2) is 9.02. The molecule has 2 atom stereocenters. The maximum atomic E-state index is 12.3. The van der Waals surface area contributed by atoms with Crippen molar-refractivity contribution in [2.45, 2.75) is 32.2 Å². The van der Waals surface area contributed by atoms with Gasteiger partial charge in [0.05, 0.1) is 13.0 Å². The quantitative estimate of drug-likeness (QED) is 0.658. The Morgan fingerprint density at radius 1 is 1.07 bits per heavy atom. The van der Waals surface area contributed by atoms with Crippen LogP contribution in [-0.2, 0) is 14.4 Å². The zero-order valence-electron chi connectivity index (χ0n) is 15.6. The Bertz CT molecular complexity index is 849. The fourth-order valence-electron chi connectivity index (χ4n) is 2.62. The van der Waals surface area contributed by atoms with E-state index in [1.807, 2.05) is 36.4 Å². The molecule has 0 fully saturated rings. The van der Waals surface area contributed by atoms with E-state index in [2.05, 4.69) is 10.6 Å². The number of ether oxygens (including phenoxy) is 1. The second-order valence-electron chi connectivity index (χ2n) is 6.36. The van der Waals surface area contributed by atoms with Gasteiger partial charge in [-0.25, -0.2) is 0 Å². The van der Waals surface area contributed by atoms with E-state index in [-0.39, 0.29) is 24.8 Å². The van der Waals surface area contributed by atoms with Crippen molar-refractivity contribution < 1.29 is 24.2 Å². The van der Waals surface area contributed by atoms with Gasteiger partial charge < -0.3 is 20.5 Å². The highest BCUT2D eigenvalue weighted by molar-refractivity contribution is 5.89. The number of aliphatic carboxylic acids is 1. The van der Waals surface area contributed by atoms with E-state index < -0.39 is 17.9 Å². The van der Waals surface area contributed by atoms with Crippen LogP contribution in [0.5, 0.6) is 5.75 Å². The van der Waals surface area contributed by atoms with Gasteiger partial charge in [-0.3, -0.25) is 14.4 Å². The highest BCUT2D eigenvalue weighted by Crippen LogP contribution is 2.25. The van der Waals surface area contributed by atoms with Crippen LogP contribution in [0.15, 0.2) is 36.4 Å². The molecule has 0 saturated carbocycles. The number of hydrogen-bond donors (Lipinski definition) is 3. The molecular weight excluding hydrogens is 348 g/mol. The summed E-state index contributed by atoms with van der Waals surface area (Å²) in [7, 11) is 1.62. The number of amides is 2. The number of rotatable bonds is 8. The molecule has 2 amide bonds. The summed E-state index contributed by atoms with van der Waals surface area (Å²) >= 11 is 0. The van der Waals surface area contributed by atoms with Gasteiger partial charge in [-0.05, 0) is 42.3 Å². The summed E-state index contributed by atoms with van der Waals surface area (Å²) in [6, 6.07) is 10.6. The van der Waals surface area contributed by atoms with Crippen LogP contribution in [0.2, 0.25) is 0 Å². The average molecular weight is 372 g/mol. The Kier molecular flexibility index (Phi) is 6.76. The first-order valence-electron chi connectivity index (χ1n) is 8.69. The normalized spacial score (nSPS) is 12.9. The maximum absolute atomic E-state index is 12.3. The molecule has 0 radical (unpaired) electrons. The molecule has 7 heteroatoms. The molecule has 0 aliphatic carbocycles. The maximum Gasteiger partial charge on any atom is 0.325 e. The summed E-state index contributed by atoms with van der Waals surface area (Å²) in [5.41, 5.74) is 0.870. The fraction of sp³-hybridized carbons (Fsp3) is 0.350. The van der Waals surface area contributed by atoms with Gasteiger partial charge in [-0.15, -0.1) is 0 Å². The second-order valence-corrected chi connectivity index (χ2v) is 6.36. The van der Waals surface area contributed by atoms with Crippen molar-refractivity contribution in [3.63, 3.8) is 0 Å². The molecule has 2 aromatic rings. The van der Waals surface area contributed by atoms with Gasteiger partial charge in [0.1, 0.15) is 11.8 Å². The summed E-state index contributed by atoms with van der Waals surface area (Å²) in [6.07, 6.45) is 0.0214. The van der Waals surface area contributed by atoms with Gasteiger partial charge in [0.25, 0.3) is 0 Å². The Morgan fingerprint density at radius 2 is 1.74 bits per heavy atom. The minimum absolute atomic E-state index is 0.0214. The number of nitrogens with one attached hydrogen (secondary N) is 2. The first-order chi connectivity index (χ1) is 12.8. The first-order valence-corrected chi connectivity index (χ1v) is 8.69. The number of carbonyl (C=O) groups excluding carboxylic acids is 2. The highest BCUT2D eigenvalue weighted by Gasteiger charge is 2.17. The van der Waals surface area contributed by atoms with E-state index >= 15 is 0 Å². The third-order valence-electron chi connectivity index (χ3n) is 4.36. The molecule has 2 aromatic carbocycles. The number of methoxy groups -OCH3 is 1. The lowest BCUT2D eigenvalue weighted by molar-refractivity contribution is -0.141. The zero-order chi connectivity index (χ0) is 20.0. The van der Waals surface area contributed by atoms with Crippen molar-refractivity contribution >= 4 is 28.6 Å². The monoisotopic (exact) mass is 372 g/mol. The Morgan fingerprint density at radius 3 is 2.41 bits per heavy atom. The molecule has 3 N–H and O–H groups in total. The topological polar surface area (TPSA) is 105 Å². The molecular formula is C20H24N2O5. The van der Waals surface area contributed by atoms with Crippen molar-refractivity contribution in [1.29, 1.82) is 0 Å². The van der Waals surface area contributed by atoms with Crippen LogP contribution in [0.3, 0.4) is 0 Å². The van der Waals surface area contributed by atoms with Crippen LogP contribution in [0.4, 0.5) is 0 Å². The molecule has 144 valence electrons. The number of benzene rings is 2. The van der Waals surface area contributed by atoms with Crippen LogP contribution in [0.1, 0.15) is 31.7 Å². The molecule has 0 heterocycles. The average Bonchev–Trinajstić information content (AvgIpc) is 2.66. The molecule has 27 heavy (non-hydrogen) atoms. The third-order valence-corrected chi connectivity index (χ3v) is 4.36. The van der Waals surface area contributed by atoms with E-state index in [9.17, 15) is 14.4 Å². The molecule has 0 aliphatic heterocycles. The molecule has 2 rings (SSSR count). The molecule has 0 aromatic heterocycles. The lowest BCUT2D eigenvalue weighted by Gasteiger charge is -2.14. The van der Waals surface area contributed by atoms with Gasteiger partial charge in [0.2, 0.25) is 11.8 Å². The summed E-state index contributed by atoms with van der Waals surface area (Å²) in [5.74, 6) is -1.32. The van der Waals surface area contributed by atoms with Crippen molar-refractivity contribution in [2.24, 2.45) is 0 Å². The lowest BCUT2D eigenvalue weighted by atomic mass is 9.97. The molecule has 0 saturated heterocycles. The van der Waals surface area contributed by atoms with E-state index in [4.69, 9.17) is 9.84 Å². The minimum atomic E-state index is -1.10. The Hall–Kier alpha value is -3.09. The van der Waals surface area contributed by atoms with Crippen LogP contribution < -0.4 is 15.4 Å². The molecule has 0 unspecified atom stereocenters. The summed E-state index contributed by atoms with van der Waals surface area (Å²) < 4.78 is 5.21. The molecule has 0 bridgehead atoms. The number of carboxylic acid groups (broad SMARTS) is 1. The van der Waals surface area contributed by atoms with E-state index in [1.165, 1.54) is 6.92 Å².